The largest absolute Gasteiger partial charge is 0.443 e. The average molecular weight is 436 g/mol. The third-order valence-electron chi connectivity index (χ3n) is 5.59. The van der Waals surface area contributed by atoms with Crippen LogP contribution in [0.4, 0.5) is 4.79 Å². The van der Waals surface area contributed by atoms with Crippen molar-refractivity contribution in [1.29, 1.82) is 0 Å². The minimum atomic E-state index is -0.823. The number of imide groups is 1. The lowest BCUT2D eigenvalue weighted by Gasteiger charge is -2.27. The van der Waals surface area contributed by atoms with Crippen LogP contribution in [0.1, 0.15) is 53.5 Å². The van der Waals surface area contributed by atoms with Gasteiger partial charge in [0.05, 0.1) is 5.92 Å². The Bertz CT molecular complexity index is 981. The standard InChI is InChI=1S/C27H33NO4/c1-26(2,3)23(29)22-17-21(28(24(22)30)25(31)32-27(4,5)6)16-18-12-14-20(15-13-18)19-10-8-7-9-11-19/h7-15,21-22H,16-17H2,1-6H3. The molecule has 170 valence electrons. The summed E-state index contributed by atoms with van der Waals surface area (Å²) in [4.78, 5) is 40.2. The second kappa shape index (κ2) is 8.89. The molecule has 0 N–H and O–H groups in total. The fourth-order valence-corrected chi connectivity index (χ4v) is 4.03. The van der Waals surface area contributed by atoms with Gasteiger partial charge in [0.25, 0.3) is 0 Å². The molecule has 32 heavy (non-hydrogen) atoms. The highest BCUT2D eigenvalue weighted by Crippen LogP contribution is 2.34. The molecule has 0 saturated carbocycles. The SMILES string of the molecule is CC(C)(C)OC(=O)N1C(=O)C(C(=O)C(C)(C)C)CC1Cc1ccc(-c2ccccc2)cc1. The van der Waals surface area contributed by atoms with E-state index >= 15 is 0 Å². The second-order valence-electron chi connectivity index (χ2n) is 10.5. The number of ketones is 1. The quantitative estimate of drug-likeness (QED) is 0.581. The van der Waals surface area contributed by atoms with E-state index < -0.39 is 35.0 Å². The Morgan fingerprint density at radius 2 is 1.47 bits per heavy atom. The zero-order valence-electron chi connectivity index (χ0n) is 19.8. The van der Waals surface area contributed by atoms with Gasteiger partial charge in [0.15, 0.2) is 5.78 Å². The van der Waals surface area contributed by atoms with E-state index in [-0.39, 0.29) is 5.78 Å². The predicted octanol–water partition coefficient (Wildman–Crippen LogP) is 5.66. The van der Waals surface area contributed by atoms with E-state index in [2.05, 4.69) is 12.1 Å². The van der Waals surface area contributed by atoms with Gasteiger partial charge in [-0.3, -0.25) is 9.59 Å². The summed E-state index contributed by atoms with van der Waals surface area (Å²) in [6, 6.07) is 17.8. The van der Waals surface area contributed by atoms with Crippen molar-refractivity contribution in [3.8, 4) is 11.1 Å². The lowest BCUT2D eigenvalue weighted by atomic mass is 9.81. The predicted molar refractivity (Wildman–Crippen MR) is 125 cm³/mol. The summed E-state index contributed by atoms with van der Waals surface area (Å²) >= 11 is 0. The number of amides is 2. The lowest BCUT2D eigenvalue weighted by molar-refractivity contribution is -0.140. The molecule has 1 aliphatic rings. The monoisotopic (exact) mass is 435 g/mol. The molecule has 0 aromatic heterocycles. The summed E-state index contributed by atoms with van der Waals surface area (Å²) in [6.07, 6.45) is 0.111. The van der Waals surface area contributed by atoms with E-state index in [1.807, 2.05) is 42.5 Å². The van der Waals surface area contributed by atoms with Crippen molar-refractivity contribution in [2.24, 2.45) is 11.3 Å². The van der Waals surface area contributed by atoms with Gasteiger partial charge in [-0.15, -0.1) is 0 Å². The van der Waals surface area contributed by atoms with Crippen LogP contribution >= 0.6 is 0 Å². The lowest BCUT2D eigenvalue weighted by Crippen LogP contribution is -2.44. The van der Waals surface area contributed by atoms with Crippen molar-refractivity contribution in [1.82, 2.24) is 4.90 Å². The van der Waals surface area contributed by atoms with Crippen molar-refractivity contribution in [2.75, 3.05) is 0 Å². The van der Waals surface area contributed by atoms with Gasteiger partial charge in [0, 0.05) is 11.5 Å². The maximum absolute atomic E-state index is 13.2. The number of rotatable bonds is 4. The topological polar surface area (TPSA) is 63.7 Å². The van der Waals surface area contributed by atoms with Gasteiger partial charge in [-0.05, 0) is 50.3 Å². The van der Waals surface area contributed by atoms with E-state index in [9.17, 15) is 14.4 Å². The van der Waals surface area contributed by atoms with E-state index in [4.69, 9.17) is 4.74 Å². The van der Waals surface area contributed by atoms with Crippen molar-refractivity contribution in [3.63, 3.8) is 0 Å². The number of likely N-dealkylation sites (tertiary alicyclic amines) is 1. The molecule has 0 aliphatic carbocycles. The number of ether oxygens (including phenoxy) is 1. The first-order valence-corrected chi connectivity index (χ1v) is 11.1. The zero-order chi connectivity index (χ0) is 23.7. The van der Waals surface area contributed by atoms with Gasteiger partial charge < -0.3 is 4.74 Å². The summed E-state index contributed by atoms with van der Waals surface area (Å²) in [5.41, 5.74) is 1.83. The molecule has 2 aromatic rings. The Kier molecular flexibility index (Phi) is 6.59. The van der Waals surface area contributed by atoms with Crippen molar-refractivity contribution < 1.29 is 19.1 Å². The van der Waals surface area contributed by atoms with Crippen molar-refractivity contribution in [2.45, 2.75) is 66.0 Å². The third-order valence-corrected chi connectivity index (χ3v) is 5.59. The van der Waals surface area contributed by atoms with Crippen LogP contribution in [0.5, 0.6) is 0 Å². The van der Waals surface area contributed by atoms with Crippen LogP contribution < -0.4 is 0 Å². The highest BCUT2D eigenvalue weighted by molar-refractivity contribution is 6.09. The van der Waals surface area contributed by atoms with Crippen LogP contribution in [-0.4, -0.2) is 34.3 Å². The van der Waals surface area contributed by atoms with Crippen LogP contribution in [0, 0.1) is 11.3 Å². The Hall–Kier alpha value is -2.95. The summed E-state index contributed by atoms with van der Waals surface area (Å²) in [5.74, 6) is -1.42. The minimum Gasteiger partial charge on any atom is -0.443 e. The fraction of sp³-hybridized carbons (Fsp3) is 0.444. The molecule has 3 rings (SSSR count). The van der Waals surface area contributed by atoms with Crippen LogP contribution in [0.2, 0.25) is 0 Å². The van der Waals surface area contributed by atoms with Gasteiger partial charge in [-0.25, -0.2) is 9.69 Å². The molecule has 0 radical (unpaired) electrons. The van der Waals surface area contributed by atoms with Crippen molar-refractivity contribution >= 4 is 17.8 Å². The van der Waals surface area contributed by atoms with Gasteiger partial charge in [0.2, 0.25) is 5.91 Å². The molecule has 1 saturated heterocycles. The zero-order valence-corrected chi connectivity index (χ0v) is 19.8. The first-order valence-electron chi connectivity index (χ1n) is 11.1. The van der Waals surface area contributed by atoms with Crippen LogP contribution in [0.3, 0.4) is 0 Å². The summed E-state index contributed by atoms with van der Waals surface area (Å²) in [7, 11) is 0. The number of carbonyl (C=O) groups excluding carboxylic acids is 3. The van der Waals surface area contributed by atoms with Gasteiger partial charge >= 0.3 is 6.09 Å². The molecule has 1 fully saturated rings. The summed E-state index contributed by atoms with van der Waals surface area (Å²) < 4.78 is 5.51. The Morgan fingerprint density at radius 1 is 0.906 bits per heavy atom. The molecule has 2 unspecified atom stereocenters. The van der Waals surface area contributed by atoms with Crippen LogP contribution in [0.25, 0.3) is 11.1 Å². The van der Waals surface area contributed by atoms with Crippen molar-refractivity contribution in [3.05, 3.63) is 60.2 Å². The van der Waals surface area contributed by atoms with Gasteiger partial charge in [-0.1, -0.05) is 75.4 Å². The highest BCUT2D eigenvalue weighted by atomic mass is 16.6. The molecule has 5 heteroatoms. The van der Waals surface area contributed by atoms with Gasteiger partial charge in [0.1, 0.15) is 5.60 Å². The molecule has 0 bridgehead atoms. The minimum absolute atomic E-state index is 0.141. The highest BCUT2D eigenvalue weighted by Gasteiger charge is 2.49. The molecule has 0 spiro atoms. The number of hydrogen-bond donors (Lipinski definition) is 0. The molecule has 1 heterocycles. The number of benzene rings is 2. The molecular weight excluding hydrogens is 402 g/mol. The summed E-state index contributed by atoms with van der Waals surface area (Å²) in [5, 5.41) is 0. The number of carbonyl (C=O) groups is 3. The smallest absolute Gasteiger partial charge is 0.417 e. The number of Topliss-reactive ketones (excluding diaryl/α,β-unsaturated/α-hetero) is 1. The summed E-state index contributed by atoms with van der Waals surface area (Å²) in [6.45, 7) is 10.7. The molecule has 5 nitrogen and oxygen atoms in total. The number of nitrogens with zero attached hydrogens (tertiary/aromatic N) is 1. The second-order valence-corrected chi connectivity index (χ2v) is 10.5. The molecule has 2 aromatic carbocycles. The Balaban J connectivity index is 1.85. The average Bonchev–Trinajstić information content (AvgIpc) is 3.02. The normalized spacial score (nSPS) is 19.2. The molecular formula is C27H33NO4. The van der Waals surface area contributed by atoms with Crippen LogP contribution in [-0.2, 0) is 20.7 Å². The third kappa shape index (κ3) is 5.45. The Labute approximate surface area is 190 Å². The molecule has 2 amide bonds. The fourth-order valence-electron chi connectivity index (χ4n) is 4.03. The first-order chi connectivity index (χ1) is 14.9. The van der Waals surface area contributed by atoms with Crippen LogP contribution in [0.15, 0.2) is 54.6 Å². The van der Waals surface area contributed by atoms with Gasteiger partial charge in [-0.2, -0.15) is 0 Å². The number of hydrogen-bond acceptors (Lipinski definition) is 4. The van der Waals surface area contributed by atoms with E-state index in [0.29, 0.717) is 12.8 Å². The first kappa shape index (κ1) is 23.7. The Morgan fingerprint density at radius 3 is 2.00 bits per heavy atom. The molecule has 1 aliphatic heterocycles. The van der Waals surface area contributed by atoms with E-state index in [1.54, 1.807) is 41.5 Å². The van der Waals surface area contributed by atoms with E-state index in [0.717, 1.165) is 16.7 Å². The molecule has 2 atom stereocenters. The van der Waals surface area contributed by atoms with E-state index in [1.165, 1.54) is 4.90 Å². The maximum atomic E-state index is 13.2. The maximum Gasteiger partial charge on any atom is 0.417 e.